The normalized spacial score (nSPS) is 11.1. The zero-order valence-corrected chi connectivity index (χ0v) is 13.9. The second-order valence-corrected chi connectivity index (χ2v) is 5.13. The van der Waals surface area contributed by atoms with Crippen LogP contribution in [0.1, 0.15) is 25.8 Å². The number of hydrogen-bond acceptors (Lipinski definition) is 5. The van der Waals surface area contributed by atoms with E-state index in [1.165, 1.54) is 17.7 Å². The predicted octanol–water partition coefficient (Wildman–Crippen LogP) is 2.62. The van der Waals surface area contributed by atoms with Gasteiger partial charge in [0.15, 0.2) is 6.29 Å². The molecule has 0 fully saturated rings. The Kier molecular flexibility index (Phi) is 7.00. The Hall–Kier alpha value is -1.25. The van der Waals surface area contributed by atoms with Crippen LogP contribution in [0, 0.1) is 17.0 Å². The molecule has 0 radical (unpaired) electrons. The van der Waals surface area contributed by atoms with Crippen LogP contribution in [0.4, 0.5) is 5.69 Å². The topological polar surface area (TPSA) is 83.6 Å². The maximum atomic E-state index is 12.1. The third-order valence-electron chi connectivity index (χ3n) is 2.95. The zero-order valence-electron chi connectivity index (χ0n) is 12.3. The molecule has 1 rings (SSSR count). The number of rotatable bonds is 8. The van der Waals surface area contributed by atoms with Crippen molar-refractivity contribution in [3.63, 3.8) is 0 Å². The fraction of sp³-hybridized carbons (Fsp3) is 0.615. The summed E-state index contributed by atoms with van der Waals surface area (Å²) in [6, 6.07) is 0. The van der Waals surface area contributed by atoms with Crippen molar-refractivity contribution in [1.82, 2.24) is 4.57 Å². The molecule has 0 saturated heterocycles. The van der Waals surface area contributed by atoms with Gasteiger partial charge in [-0.1, -0.05) is 0 Å². The first-order chi connectivity index (χ1) is 9.92. The minimum absolute atomic E-state index is 0.0918. The van der Waals surface area contributed by atoms with Gasteiger partial charge in [0.05, 0.1) is 15.6 Å². The van der Waals surface area contributed by atoms with Crippen molar-refractivity contribution in [2.45, 2.75) is 40.0 Å². The van der Waals surface area contributed by atoms with Gasteiger partial charge in [-0.05, 0) is 36.7 Å². The Labute approximate surface area is 131 Å². The van der Waals surface area contributed by atoms with Crippen LogP contribution in [0.25, 0.3) is 0 Å². The molecule has 0 N–H and O–H groups in total. The average Bonchev–Trinajstić information content (AvgIpc) is 2.44. The molecule has 0 unspecified atom stereocenters. The first-order valence-electron chi connectivity index (χ1n) is 6.69. The molecule has 0 bridgehead atoms. The van der Waals surface area contributed by atoms with Gasteiger partial charge >= 0.3 is 0 Å². The lowest BCUT2D eigenvalue weighted by Crippen LogP contribution is -2.26. The summed E-state index contributed by atoms with van der Waals surface area (Å²) in [7, 11) is 0. The van der Waals surface area contributed by atoms with Crippen LogP contribution in [0.15, 0.2) is 15.5 Å². The summed E-state index contributed by atoms with van der Waals surface area (Å²) >= 11 is 3.12. The van der Waals surface area contributed by atoms with Crippen LogP contribution in [0.5, 0.6) is 0 Å². The largest absolute Gasteiger partial charge is 0.353 e. The summed E-state index contributed by atoms with van der Waals surface area (Å²) in [5, 5.41) is 11.0. The molecular weight excluding hydrogens is 344 g/mol. The fourth-order valence-corrected chi connectivity index (χ4v) is 2.31. The van der Waals surface area contributed by atoms with E-state index < -0.39 is 11.2 Å². The standard InChI is InChI=1S/C13H19BrN2O5/c1-4-20-11(21-5-2)6-7-15-8-10(16(18)19)9(3)12(14)13(15)17/h8,11H,4-7H2,1-3H3. The van der Waals surface area contributed by atoms with Gasteiger partial charge in [-0.2, -0.15) is 0 Å². The Bertz CT molecular complexity index is 552. The molecule has 0 aliphatic rings. The van der Waals surface area contributed by atoms with Crippen molar-refractivity contribution >= 4 is 21.6 Å². The molecule has 21 heavy (non-hydrogen) atoms. The number of ether oxygens (including phenoxy) is 2. The highest BCUT2D eigenvalue weighted by Gasteiger charge is 2.19. The van der Waals surface area contributed by atoms with Crippen molar-refractivity contribution in [2.24, 2.45) is 0 Å². The number of aromatic nitrogens is 1. The van der Waals surface area contributed by atoms with Crippen molar-refractivity contribution in [3.8, 4) is 0 Å². The van der Waals surface area contributed by atoms with Crippen LogP contribution in [0.2, 0.25) is 0 Å². The quantitative estimate of drug-likeness (QED) is 0.403. The van der Waals surface area contributed by atoms with Crippen LogP contribution in [-0.2, 0) is 16.0 Å². The van der Waals surface area contributed by atoms with E-state index in [4.69, 9.17) is 9.47 Å². The van der Waals surface area contributed by atoms with Crippen molar-refractivity contribution in [1.29, 1.82) is 0 Å². The molecule has 1 aromatic heterocycles. The van der Waals surface area contributed by atoms with E-state index >= 15 is 0 Å². The highest BCUT2D eigenvalue weighted by atomic mass is 79.9. The van der Waals surface area contributed by atoms with Crippen LogP contribution < -0.4 is 5.56 Å². The fourth-order valence-electron chi connectivity index (χ4n) is 1.88. The van der Waals surface area contributed by atoms with Gasteiger partial charge < -0.3 is 14.0 Å². The molecule has 8 heteroatoms. The van der Waals surface area contributed by atoms with E-state index in [2.05, 4.69) is 15.9 Å². The smallest absolute Gasteiger partial charge is 0.289 e. The van der Waals surface area contributed by atoms with E-state index in [9.17, 15) is 14.9 Å². The van der Waals surface area contributed by atoms with Gasteiger partial charge in [0.1, 0.15) is 0 Å². The predicted molar refractivity (Wildman–Crippen MR) is 81.5 cm³/mol. The first-order valence-corrected chi connectivity index (χ1v) is 7.48. The van der Waals surface area contributed by atoms with Crippen molar-refractivity contribution in [2.75, 3.05) is 13.2 Å². The molecule has 7 nitrogen and oxygen atoms in total. The molecule has 1 aromatic rings. The summed E-state index contributed by atoms with van der Waals surface area (Å²) < 4.78 is 12.3. The van der Waals surface area contributed by atoms with Crippen LogP contribution in [-0.4, -0.2) is 29.0 Å². The lowest BCUT2D eigenvalue weighted by Gasteiger charge is -2.17. The van der Waals surface area contributed by atoms with Gasteiger partial charge in [0.25, 0.3) is 11.2 Å². The summed E-state index contributed by atoms with van der Waals surface area (Å²) in [5.41, 5.74) is -0.0666. The number of nitrogens with zero attached hydrogens (tertiary/aromatic N) is 2. The average molecular weight is 363 g/mol. The van der Waals surface area contributed by atoms with E-state index in [0.717, 1.165) is 0 Å². The minimum atomic E-state index is -0.501. The van der Waals surface area contributed by atoms with Gasteiger partial charge in [-0.15, -0.1) is 0 Å². The zero-order chi connectivity index (χ0) is 16.0. The second-order valence-electron chi connectivity index (χ2n) is 4.34. The SMILES string of the molecule is CCOC(CCn1cc([N+](=O)[O-])c(C)c(Br)c1=O)OCC. The summed E-state index contributed by atoms with van der Waals surface area (Å²) in [4.78, 5) is 22.6. The maximum absolute atomic E-state index is 12.1. The molecule has 1 heterocycles. The molecule has 118 valence electrons. The van der Waals surface area contributed by atoms with Gasteiger partial charge in [-0.3, -0.25) is 14.9 Å². The number of nitro groups is 1. The molecule has 0 spiro atoms. The molecule has 0 atom stereocenters. The summed E-state index contributed by atoms with van der Waals surface area (Å²) in [5.74, 6) is 0. The van der Waals surface area contributed by atoms with E-state index in [-0.39, 0.29) is 22.3 Å². The summed E-state index contributed by atoms with van der Waals surface area (Å²) in [6.07, 6.45) is 1.28. The lowest BCUT2D eigenvalue weighted by molar-refractivity contribution is -0.386. The lowest BCUT2D eigenvalue weighted by atomic mass is 10.2. The van der Waals surface area contributed by atoms with E-state index in [0.29, 0.717) is 25.2 Å². The van der Waals surface area contributed by atoms with E-state index in [1.54, 1.807) is 0 Å². The van der Waals surface area contributed by atoms with Gasteiger partial charge in [0, 0.05) is 31.7 Å². The Morgan fingerprint density at radius 3 is 2.43 bits per heavy atom. The van der Waals surface area contributed by atoms with Gasteiger partial charge in [0.2, 0.25) is 0 Å². The molecule has 0 amide bonds. The Morgan fingerprint density at radius 2 is 1.95 bits per heavy atom. The number of halogens is 1. The molecule has 0 aliphatic carbocycles. The highest BCUT2D eigenvalue weighted by molar-refractivity contribution is 9.10. The van der Waals surface area contributed by atoms with Crippen molar-refractivity contribution < 1.29 is 14.4 Å². The van der Waals surface area contributed by atoms with Crippen LogP contribution in [0.3, 0.4) is 0 Å². The molecule has 0 aliphatic heterocycles. The molecular formula is C13H19BrN2O5. The van der Waals surface area contributed by atoms with Gasteiger partial charge in [-0.25, -0.2) is 0 Å². The minimum Gasteiger partial charge on any atom is -0.353 e. The second kappa shape index (κ2) is 8.26. The molecule has 0 aromatic carbocycles. The number of pyridine rings is 1. The maximum Gasteiger partial charge on any atom is 0.289 e. The highest BCUT2D eigenvalue weighted by Crippen LogP contribution is 2.22. The summed E-state index contributed by atoms with van der Waals surface area (Å²) in [6.45, 7) is 6.52. The van der Waals surface area contributed by atoms with Crippen molar-refractivity contribution in [3.05, 3.63) is 36.7 Å². The van der Waals surface area contributed by atoms with Crippen LogP contribution >= 0.6 is 15.9 Å². The number of aryl methyl sites for hydroxylation is 1. The molecule has 0 saturated carbocycles. The Balaban J connectivity index is 2.98. The first kappa shape index (κ1) is 17.8. The third-order valence-corrected chi connectivity index (χ3v) is 3.88. The monoisotopic (exact) mass is 362 g/mol. The van der Waals surface area contributed by atoms with E-state index in [1.807, 2.05) is 13.8 Å². The third kappa shape index (κ3) is 4.62. The Morgan fingerprint density at radius 1 is 1.38 bits per heavy atom. The number of hydrogen-bond donors (Lipinski definition) is 0.